The molecule has 0 unspecified atom stereocenters. The van der Waals surface area contributed by atoms with Gasteiger partial charge in [-0.3, -0.25) is 4.79 Å². The van der Waals surface area contributed by atoms with E-state index in [-0.39, 0.29) is 5.91 Å². The van der Waals surface area contributed by atoms with Gasteiger partial charge in [-0.2, -0.15) is 0 Å². The molecule has 0 atom stereocenters. The van der Waals surface area contributed by atoms with Gasteiger partial charge in [0.05, 0.1) is 5.56 Å². The maximum absolute atomic E-state index is 11.8. The molecule has 0 aliphatic carbocycles. The molecule has 0 radical (unpaired) electrons. The number of aromatic nitrogens is 1. The molecule has 0 fully saturated rings. The van der Waals surface area contributed by atoms with Crippen molar-refractivity contribution in [2.75, 3.05) is 12.8 Å². The number of nitrogens with one attached hydrogen (secondary N) is 1. The summed E-state index contributed by atoms with van der Waals surface area (Å²) >= 11 is 1.49. The van der Waals surface area contributed by atoms with Crippen molar-refractivity contribution in [3.05, 3.63) is 23.9 Å². The lowest BCUT2D eigenvalue weighted by atomic mass is 10.2. The monoisotopic (exact) mass is 224 g/mol. The second-order valence-corrected chi connectivity index (χ2v) is 4.46. The molecule has 0 aliphatic rings. The van der Waals surface area contributed by atoms with Crippen molar-refractivity contribution in [1.29, 1.82) is 0 Å². The van der Waals surface area contributed by atoms with E-state index < -0.39 is 0 Å². The number of hydrogen-bond acceptors (Lipinski definition) is 3. The maximum atomic E-state index is 11.8. The van der Waals surface area contributed by atoms with Crippen LogP contribution < -0.4 is 5.32 Å². The Balaban J connectivity index is 2.72. The SMILES string of the molecule is CSc1ncccc1C(=O)NCC(C)C. The first kappa shape index (κ1) is 12.0. The van der Waals surface area contributed by atoms with Gasteiger partial charge in [0.2, 0.25) is 0 Å². The lowest BCUT2D eigenvalue weighted by molar-refractivity contribution is 0.0945. The van der Waals surface area contributed by atoms with Crippen LogP contribution in [0.4, 0.5) is 0 Å². The molecule has 0 spiro atoms. The van der Waals surface area contributed by atoms with Crippen LogP contribution in [0, 0.1) is 5.92 Å². The predicted octanol–water partition coefficient (Wildman–Crippen LogP) is 2.19. The first-order valence-electron chi connectivity index (χ1n) is 4.92. The number of carbonyl (C=O) groups excluding carboxylic acids is 1. The summed E-state index contributed by atoms with van der Waals surface area (Å²) in [7, 11) is 0. The molecule has 0 aromatic carbocycles. The van der Waals surface area contributed by atoms with E-state index in [4.69, 9.17) is 0 Å². The summed E-state index contributed by atoms with van der Waals surface area (Å²) in [4.78, 5) is 15.9. The third-order valence-corrected chi connectivity index (χ3v) is 2.59. The Bertz CT molecular complexity index is 339. The number of nitrogens with zero attached hydrogens (tertiary/aromatic N) is 1. The van der Waals surface area contributed by atoms with Crippen molar-refractivity contribution in [2.45, 2.75) is 18.9 Å². The van der Waals surface area contributed by atoms with E-state index in [1.165, 1.54) is 11.8 Å². The molecule has 4 heteroatoms. The van der Waals surface area contributed by atoms with Gasteiger partial charge in [-0.05, 0) is 24.3 Å². The van der Waals surface area contributed by atoms with Crippen LogP contribution in [0.5, 0.6) is 0 Å². The van der Waals surface area contributed by atoms with Crippen LogP contribution in [0.15, 0.2) is 23.4 Å². The molecule has 1 amide bonds. The molecule has 3 nitrogen and oxygen atoms in total. The largest absolute Gasteiger partial charge is 0.352 e. The molecule has 15 heavy (non-hydrogen) atoms. The van der Waals surface area contributed by atoms with Crippen LogP contribution in [-0.4, -0.2) is 23.7 Å². The van der Waals surface area contributed by atoms with Crippen LogP contribution in [0.1, 0.15) is 24.2 Å². The van der Waals surface area contributed by atoms with Gasteiger partial charge in [0.25, 0.3) is 5.91 Å². The summed E-state index contributed by atoms with van der Waals surface area (Å²) in [5.41, 5.74) is 0.658. The summed E-state index contributed by atoms with van der Waals surface area (Å²) < 4.78 is 0. The highest BCUT2D eigenvalue weighted by molar-refractivity contribution is 7.98. The molecule has 0 aliphatic heterocycles. The van der Waals surface area contributed by atoms with Gasteiger partial charge in [-0.1, -0.05) is 13.8 Å². The van der Waals surface area contributed by atoms with E-state index in [1.54, 1.807) is 18.3 Å². The molecule has 1 N–H and O–H groups in total. The molecule has 1 rings (SSSR count). The normalized spacial score (nSPS) is 10.4. The summed E-state index contributed by atoms with van der Waals surface area (Å²) in [5.74, 6) is 0.421. The lowest BCUT2D eigenvalue weighted by Gasteiger charge is -2.09. The highest BCUT2D eigenvalue weighted by Crippen LogP contribution is 2.16. The number of thioether (sulfide) groups is 1. The molecular formula is C11H16N2OS. The van der Waals surface area contributed by atoms with Crippen molar-refractivity contribution in [2.24, 2.45) is 5.92 Å². The van der Waals surface area contributed by atoms with Crippen LogP contribution in [0.3, 0.4) is 0 Å². The van der Waals surface area contributed by atoms with Gasteiger partial charge in [-0.15, -0.1) is 11.8 Å². The standard InChI is InChI=1S/C11H16N2OS/c1-8(2)7-13-10(14)9-5-4-6-12-11(9)15-3/h4-6,8H,7H2,1-3H3,(H,13,14). The highest BCUT2D eigenvalue weighted by atomic mass is 32.2. The fourth-order valence-electron chi connectivity index (χ4n) is 1.12. The second-order valence-electron chi connectivity index (χ2n) is 3.66. The summed E-state index contributed by atoms with van der Waals surface area (Å²) in [5, 5.41) is 3.66. The Hall–Kier alpha value is -1.03. The molecule has 0 saturated carbocycles. The van der Waals surface area contributed by atoms with Gasteiger partial charge < -0.3 is 5.32 Å². The number of hydrogen-bond donors (Lipinski definition) is 1. The third-order valence-electron chi connectivity index (χ3n) is 1.88. The molecule has 0 bridgehead atoms. The third kappa shape index (κ3) is 3.55. The first-order valence-corrected chi connectivity index (χ1v) is 6.14. The zero-order valence-electron chi connectivity index (χ0n) is 9.28. The van der Waals surface area contributed by atoms with Crippen LogP contribution in [-0.2, 0) is 0 Å². The van der Waals surface area contributed by atoms with E-state index in [2.05, 4.69) is 24.1 Å². The summed E-state index contributed by atoms with van der Waals surface area (Å²) in [6.45, 7) is 4.83. The lowest BCUT2D eigenvalue weighted by Crippen LogP contribution is -2.27. The maximum Gasteiger partial charge on any atom is 0.254 e. The van der Waals surface area contributed by atoms with Crippen molar-refractivity contribution in [3.8, 4) is 0 Å². The average molecular weight is 224 g/mol. The zero-order valence-corrected chi connectivity index (χ0v) is 10.1. The highest BCUT2D eigenvalue weighted by Gasteiger charge is 2.10. The summed E-state index contributed by atoms with van der Waals surface area (Å²) in [6, 6.07) is 3.58. The van der Waals surface area contributed by atoms with E-state index in [0.29, 0.717) is 18.0 Å². The first-order chi connectivity index (χ1) is 7.15. The van der Waals surface area contributed by atoms with Crippen LogP contribution in [0.25, 0.3) is 0 Å². The molecule has 82 valence electrons. The van der Waals surface area contributed by atoms with Crippen LogP contribution in [0.2, 0.25) is 0 Å². The van der Waals surface area contributed by atoms with E-state index >= 15 is 0 Å². The van der Waals surface area contributed by atoms with Gasteiger partial charge >= 0.3 is 0 Å². The summed E-state index contributed by atoms with van der Waals surface area (Å²) in [6.07, 6.45) is 3.62. The van der Waals surface area contributed by atoms with Crippen molar-refractivity contribution in [3.63, 3.8) is 0 Å². The van der Waals surface area contributed by atoms with Crippen molar-refractivity contribution >= 4 is 17.7 Å². The smallest absolute Gasteiger partial charge is 0.254 e. The number of carbonyl (C=O) groups is 1. The molecule has 1 aromatic rings. The van der Waals surface area contributed by atoms with Crippen molar-refractivity contribution in [1.82, 2.24) is 10.3 Å². The fraction of sp³-hybridized carbons (Fsp3) is 0.455. The van der Waals surface area contributed by atoms with E-state index in [0.717, 1.165) is 5.03 Å². The van der Waals surface area contributed by atoms with Crippen LogP contribution >= 0.6 is 11.8 Å². The minimum Gasteiger partial charge on any atom is -0.352 e. The minimum atomic E-state index is -0.0406. The van der Waals surface area contributed by atoms with E-state index in [9.17, 15) is 4.79 Å². The van der Waals surface area contributed by atoms with Gasteiger partial charge in [0.15, 0.2) is 0 Å². The van der Waals surface area contributed by atoms with Gasteiger partial charge in [-0.25, -0.2) is 4.98 Å². The minimum absolute atomic E-state index is 0.0406. The predicted molar refractivity (Wildman–Crippen MR) is 63.2 cm³/mol. The molecule has 0 saturated heterocycles. The Morgan fingerprint density at radius 3 is 2.93 bits per heavy atom. The fourth-order valence-corrected chi connectivity index (χ4v) is 1.67. The van der Waals surface area contributed by atoms with Crippen molar-refractivity contribution < 1.29 is 4.79 Å². The zero-order chi connectivity index (χ0) is 11.3. The Morgan fingerprint density at radius 1 is 1.60 bits per heavy atom. The Morgan fingerprint density at radius 2 is 2.33 bits per heavy atom. The Kier molecular flexibility index (Phi) is 4.62. The molecule has 1 heterocycles. The average Bonchev–Trinajstić information content (AvgIpc) is 2.25. The molecule has 1 aromatic heterocycles. The number of pyridine rings is 1. The van der Waals surface area contributed by atoms with Gasteiger partial charge in [0, 0.05) is 12.7 Å². The second kappa shape index (κ2) is 5.75. The van der Waals surface area contributed by atoms with E-state index in [1.807, 2.05) is 6.26 Å². The quantitative estimate of drug-likeness (QED) is 0.797. The topological polar surface area (TPSA) is 42.0 Å². The van der Waals surface area contributed by atoms with Gasteiger partial charge in [0.1, 0.15) is 5.03 Å². The number of rotatable bonds is 4. The molecular weight excluding hydrogens is 208 g/mol. The number of amides is 1. The Labute approximate surface area is 94.7 Å².